The molecule has 1 N–H and O–H groups in total. The van der Waals surface area contributed by atoms with Crippen LogP contribution < -0.4 is 0 Å². The number of nitrogens with one attached hydrogen (secondary N) is 1. The molecule has 1 unspecified atom stereocenters. The summed E-state index contributed by atoms with van der Waals surface area (Å²) in [6, 6.07) is 1.37. The largest absolute Gasteiger partial charge is 0.345 e. The van der Waals surface area contributed by atoms with Gasteiger partial charge in [0.15, 0.2) is 11.6 Å². The van der Waals surface area contributed by atoms with Gasteiger partial charge in [-0.05, 0) is 25.3 Å². The Kier molecular flexibility index (Phi) is 4.88. The second-order valence-electron chi connectivity index (χ2n) is 7.90. The van der Waals surface area contributed by atoms with E-state index in [1.165, 1.54) is 18.5 Å². The molecule has 0 saturated carbocycles. The molecule has 1 fully saturated rings. The van der Waals surface area contributed by atoms with Gasteiger partial charge in [0.05, 0.1) is 11.6 Å². The fourth-order valence-corrected chi connectivity index (χ4v) is 4.41. The van der Waals surface area contributed by atoms with Crippen molar-refractivity contribution in [3.63, 3.8) is 0 Å². The lowest BCUT2D eigenvalue weighted by molar-refractivity contribution is -0.134. The van der Waals surface area contributed by atoms with Crippen LogP contribution in [-0.4, -0.2) is 47.9 Å². The molecule has 4 aromatic rings. The second-order valence-corrected chi connectivity index (χ2v) is 7.90. The molecule has 0 aromatic carbocycles. The number of carbonyl (C=O) groups is 1. The molecule has 160 valence electrons. The number of nitrogens with zero attached hydrogens (tertiary/aromatic N) is 5. The van der Waals surface area contributed by atoms with Crippen LogP contribution in [0.25, 0.3) is 33.5 Å². The summed E-state index contributed by atoms with van der Waals surface area (Å²) in [6.45, 7) is 3.05. The van der Waals surface area contributed by atoms with Crippen LogP contribution in [0.1, 0.15) is 32.6 Å². The van der Waals surface area contributed by atoms with Crippen LogP contribution >= 0.6 is 0 Å². The molecule has 1 atom stereocenters. The van der Waals surface area contributed by atoms with Crippen LogP contribution in [0.5, 0.6) is 0 Å². The summed E-state index contributed by atoms with van der Waals surface area (Å²) in [5.74, 6) is -0.389. The number of amides is 1. The van der Waals surface area contributed by atoms with Crippen molar-refractivity contribution in [2.75, 3.05) is 6.54 Å². The Morgan fingerprint density at radius 3 is 2.94 bits per heavy atom. The smallest absolute Gasteiger partial charge is 0.222 e. The molecule has 1 aliphatic rings. The third-order valence-corrected chi connectivity index (χ3v) is 5.96. The predicted molar refractivity (Wildman–Crippen MR) is 112 cm³/mol. The first kappa shape index (κ1) is 19.6. The molecular formula is C22H22F2N6O. The second kappa shape index (κ2) is 7.72. The van der Waals surface area contributed by atoms with Gasteiger partial charge in [-0.25, -0.2) is 23.7 Å². The van der Waals surface area contributed by atoms with Gasteiger partial charge in [0.25, 0.3) is 0 Å². The summed E-state index contributed by atoms with van der Waals surface area (Å²) in [6.07, 6.45) is 9.03. The fourth-order valence-electron chi connectivity index (χ4n) is 4.41. The number of piperidine rings is 1. The molecule has 31 heavy (non-hydrogen) atoms. The van der Waals surface area contributed by atoms with Gasteiger partial charge in [-0.2, -0.15) is 0 Å². The van der Waals surface area contributed by atoms with E-state index in [0.29, 0.717) is 46.4 Å². The molecule has 0 bridgehead atoms. The van der Waals surface area contributed by atoms with Crippen LogP contribution in [0.4, 0.5) is 8.78 Å². The van der Waals surface area contributed by atoms with Gasteiger partial charge in [0.2, 0.25) is 5.91 Å². The maximum Gasteiger partial charge on any atom is 0.222 e. The van der Waals surface area contributed by atoms with Gasteiger partial charge in [0.1, 0.15) is 17.1 Å². The van der Waals surface area contributed by atoms with Crippen molar-refractivity contribution in [3.8, 4) is 11.4 Å². The fraction of sp³-hybridized carbons (Fsp3) is 0.364. The van der Waals surface area contributed by atoms with Gasteiger partial charge >= 0.3 is 0 Å². The molecule has 0 spiro atoms. The Morgan fingerprint density at radius 2 is 2.10 bits per heavy atom. The van der Waals surface area contributed by atoms with Crippen LogP contribution in [0, 0.1) is 11.6 Å². The molecule has 9 heteroatoms. The van der Waals surface area contributed by atoms with Crippen molar-refractivity contribution in [2.24, 2.45) is 0 Å². The van der Waals surface area contributed by atoms with Crippen molar-refractivity contribution in [1.82, 2.24) is 29.4 Å². The van der Waals surface area contributed by atoms with Crippen molar-refractivity contribution < 1.29 is 13.6 Å². The molecule has 5 heterocycles. The molecule has 0 radical (unpaired) electrons. The Balaban J connectivity index is 1.55. The Bertz CT molecular complexity index is 1280. The van der Waals surface area contributed by atoms with E-state index in [9.17, 15) is 13.6 Å². The van der Waals surface area contributed by atoms with E-state index in [-0.39, 0.29) is 11.9 Å². The monoisotopic (exact) mass is 424 g/mol. The topological polar surface area (TPSA) is 79.7 Å². The van der Waals surface area contributed by atoms with Crippen molar-refractivity contribution in [1.29, 1.82) is 0 Å². The van der Waals surface area contributed by atoms with Gasteiger partial charge < -0.3 is 14.5 Å². The highest BCUT2D eigenvalue weighted by atomic mass is 19.1. The number of pyridine rings is 1. The highest BCUT2D eigenvalue weighted by Crippen LogP contribution is 2.28. The number of carbonyl (C=O) groups excluding carboxylic acids is 1. The number of H-pyrrole nitrogens is 1. The normalized spacial score (nSPS) is 17.0. The average Bonchev–Trinajstić information content (AvgIpc) is 3.34. The zero-order valence-electron chi connectivity index (χ0n) is 17.1. The number of rotatable bonds is 4. The zero-order chi connectivity index (χ0) is 21.5. The number of aromatic amines is 1. The molecule has 0 aliphatic carbocycles. The summed E-state index contributed by atoms with van der Waals surface area (Å²) >= 11 is 0. The Hall–Kier alpha value is -3.36. The van der Waals surface area contributed by atoms with Crippen molar-refractivity contribution in [2.45, 2.75) is 45.2 Å². The molecule has 4 aromatic heterocycles. The summed E-state index contributed by atoms with van der Waals surface area (Å²) in [4.78, 5) is 30.2. The van der Waals surface area contributed by atoms with Gasteiger partial charge in [-0.3, -0.25) is 4.79 Å². The maximum absolute atomic E-state index is 14.6. The summed E-state index contributed by atoms with van der Waals surface area (Å²) in [7, 11) is 0. The zero-order valence-corrected chi connectivity index (χ0v) is 17.1. The predicted octanol–water partition coefficient (Wildman–Crippen LogP) is 4.04. The molecule has 1 saturated heterocycles. The van der Waals surface area contributed by atoms with Gasteiger partial charge in [0, 0.05) is 55.1 Å². The quantitative estimate of drug-likeness (QED) is 0.536. The highest BCUT2D eigenvalue weighted by molar-refractivity contribution is 5.92. The minimum Gasteiger partial charge on any atom is -0.345 e. The van der Waals surface area contributed by atoms with E-state index in [1.54, 1.807) is 10.8 Å². The van der Waals surface area contributed by atoms with E-state index in [2.05, 4.69) is 19.9 Å². The highest BCUT2D eigenvalue weighted by Gasteiger charge is 2.27. The van der Waals surface area contributed by atoms with E-state index >= 15 is 0 Å². The lowest BCUT2D eigenvalue weighted by Gasteiger charge is -2.36. The lowest BCUT2D eigenvalue weighted by atomic mass is 10.0. The van der Waals surface area contributed by atoms with Crippen molar-refractivity contribution >= 4 is 28.0 Å². The standard InChI is InChI=1S/C22H22F2N6O/c1-2-19(31)30-6-4-3-5-14(30)11-29-12-18(24)17-10-27-21(28-22(17)29)16-9-26-20-15(16)7-13(23)8-25-20/h7-10,12,14H,2-6,11H2,1H3,(H,25,26). The third kappa shape index (κ3) is 3.43. The Labute approximate surface area is 177 Å². The van der Waals surface area contributed by atoms with E-state index in [0.717, 1.165) is 32.0 Å². The minimum atomic E-state index is -0.457. The SMILES string of the molecule is CCC(=O)N1CCCCC1Cn1cc(F)c2cnc(-c3c[nH]c4ncc(F)cc34)nc21. The third-order valence-electron chi connectivity index (χ3n) is 5.96. The number of hydrogen-bond acceptors (Lipinski definition) is 4. The molecule has 7 nitrogen and oxygen atoms in total. The minimum absolute atomic E-state index is 0.000926. The first-order valence-electron chi connectivity index (χ1n) is 10.5. The number of hydrogen-bond donors (Lipinski definition) is 1. The molecule has 5 rings (SSSR count). The van der Waals surface area contributed by atoms with Crippen LogP contribution in [0.2, 0.25) is 0 Å². The number of aromatic nitrogens is 5. The Morgan fingerprint density at radius 1 is 1.23 bits per heavy atom. The number of halogens is 2. The lowest BCUT2D eigenvalue weighted by Crippen LogP contribution is -2.45. The number of fused-ring (bicyclic) bond motifs is 2. The van der Waals surface area contributed by atoms with E-state index in [4.69, 9.17) is 0 Å². The van der Waals surface area contributed by atoms with Crippen LogP contribution in [-0.2, 0) is 11.3 Å². The molecular weight excluding hydrogens is 402 g/mol. The summed E-state index contributed by atoms with van der Waals surface area (Å²) in [5, 5.41) is 0.877. The average molecular weight is 424 g/mol. The first-order valence-corrected chi connectivity index (χ1v) is 10.5. The first-order chi connectivity index (χ1) is 15.0. The van der Waals surface area contributed by atoms with Gasteiger partial charge in [-0.1, -0.05) is 6.92 Å². The van der Waals surface area contributed by atoms with Crippen LogP contribution in [0.3, 0.4) is 0 Å². The van der Waals surface area contributed by atoms with E-state index in [1.807, 2.05) is 11.8 Å². The summed E-state index contributed by atoms with van der Waals surface area (Å²) in [5.41, 5.74) is 1.57. The van der Waals surface area contributed by atoms with Crippen molar-refractivity contribution in [3.05, 3.63) is 42.5 Å². The van der Waals surface area contributed by atoms with Crippen LogP contribution in [0.15, 0.2) is 30.9 Å². The summed E-state index contributed by atoms with van der Waals surface area (Å²) < 4.78 is 30.1. The molecule has 1 amide bonds. The molecule has 1 aliphatic heterocycles. The number of likely N-dealkylation sites (tertiary alicyclic amines) is 1. The van der Waals surface area contributed by atoms with E-state index < -0.39 is 11.6 Å². The maximum atomic E-state index is 14.6. The van der Waals surface area contributed by atoms with Gasteiger partial charge in [-0.15, -0.1) is 0 Å².